The van der Waals surface area contributed by atoms with Crippen LogP contribution >= 0.6 is 0 Å². The molecule has 0 N–H and O–H groups in total. The molecule has 1 aliphatic rings. The fraction of sp³-hybridized carbons (Fsp3) is 0.250. The van der Waals surface area contributed by atoms with E-state index in [2.05, 4.69) is 63.6 Å². The van der Waals surface area contributed by atoms with Crippen LogP contribution in [0.2, 0.25) is 0 Å². The average molecular weight is 445 g/mol. The fourth-order valence-electron chi connectivity index (χ4n) is 4.12. The van der Waals surface area contributed by atoms with E-state index in [1.165, 1.54) is 17.5 Å². The van der Waals surface area contributed by atoms with Gasteiger partial charge in [-0.25, -0.2) is 23.2 Å². The highest BCUT2D eigenvalue weighted by Crippen LogP contribution is 2.33. The number of nitrogens with zero attached hydrogens (tertiary/aromatic N) is 6. The van der Waals surface area contributed by atoms with Crippen LogP contribution in [0.25, 0.3) is 11.1 Å². The molecular formula is C24H24N6OS. The van der Waals surface area contributed by atoms with Gasteiger partial charge in [0.05, 0.1) is 24.0 Å². The van der Waals surface area contributed by atoms with Crippen LogP contribution in [0.15, 0.2) is 84.4 Å². The Bertz CT molecular complexity index is 1200. The summed E-state index contributed by atoms with van der Waals surface area (Å²) in [5, 5.41) is 8.99. The van der Waals surface area contributed by atoms with Gasteiger partial charge in [0.25, 0.3) is 0 Å². The van der Waals surface area contributed by atoms with Crippen LogP contribution < -0.4 is 0 Å². The molecule has 162 valence electrons. The molecule has 3 unspecified atom stereocenters. The maximum Gasteiger partial charge on any atom is 0.185 e. The maximum absolute atomic E-state index is 13.3. The molecule has 1 fully saturated rings. The second kappa shape index (κ2) is 9.10. The van der Waals surface area contributed by atoms with Crippen molar-refractivity contribution in [1.29, 1.82) is 0 Å². The third-order valence-corrected chi connectivity index (χ3v) is 7.34. The highest BCUT2D eigenvalue weighted by molar-refractivity contribution is 7.82. The molecule has 2 aromatic carbocycles. The van der Waals surface area contributed by atoms with Crippen molar-refractivity contribution in [3.63, 3.8) is 0 Å². The minimum Gasteiger partial charge on any atom is -0.245 e. The van der Waals surface area contributed by atoms with Gasteiger partial charge in [0, 0.05) is 12.7 Å². The minimum absolute atomic E-state index is 0.00642. The Balaban J connectivity index is 1.32. The molecule has 0 spiro atoms. The van der Waals surface area contributed by atoms with Crippen LogP contribution in [-0.2, 0) is 11.0 Å². The lowest BCUT2D eigenvalue weighted by atomic mass is 10.0. The summed E-state index contributed by atoms with van der Waals surface area (Å²) >= 11 is 0. The molecule has 0 bridgehead atoms. The number of aromatic nitrogens is 5. The van der Waals surface area contributed by atoms with Gasteiger partial charge in [-0.1, -0.05) is 59.8 Å². The summed E-state index contributed by atoms with van der Waals surface area (Å²) in [5.41, 5.74) is 4.37. The van der Waals surface area contributed by atoms with Crippen LogP contribution in [0.5, 0.6) is 0 Å². The van der Waals surface area contributed by atoms with E-state index in [1.807, 2.05) is 28.6 Å². The Kier molecular flexibility index (Phi) is 5.87. The number of hydrogen-bond donors (Lipinski definition) is 0. The van der Waals surface area contributed by atoms with Gasteiger partial charge in [-0.15, -0.1) is 5.10 Å². The van der Waals surface area contributed by atoms with Crippen LogP contribution in [0, 0.1) is 0 Å². The van der Waals surface area contributed by atoms with Crippen LogP contribution in [0.3, 0.4) is 0 Å². The zero-order chi connectivity index (χ0) is 21.9. The fourth-order valence-corrected chi connectivity index (χ4v) is 5.40. The Hall–Kier alpha value is -3.23. The Morgan fingerprint density at radius 1 is 1.03 bits per heavy atom. The van der Waals surface area contributed by atoms with Gasteiger partial charge in [0.1, 0.15) is 6.33 Å². The van der Waals surface area contributed by atoms with Gasteiger partial charge in [-0.2, -0.15) is 0 Å². The van der Waals surface area contributed by atoms with Gasteiger partial charge in [-0.3, -0.25) is 0 Å². The zero-order valence-electron chi connectivity index (χ0n) is 17.8. The summed E-state index contributed by atoms with van der Waals surface area (Å²) in [4.78, 5) is 8.35. The molecule has 0 saturated carbocycles. The van der Waals surface area contributed by atoms with E-state index in [9.17, 15) is 4.21 Å². The lowest BCUT2D eigenvalue weighted by Crippen LogP contribution is -2.26. The highest BCUT2D eigenvalue weighted by Gasteiger charge is 2.33. The van der Waals surface area contributed by atoms with Crippen molar-refractivity contribution in [3.8, 4) is 11.1 Å². The predicted molar refractivity (Wildman–Crippen MR) is 123 cm³/mol. The van der Waals surface area contributed by atoms with Gasteiger partial charge < -0.3 is 0 Å². The molecule has 3 heterocycles. The lowest BCUT2D eigenvalue weighted by molar-refractivity contribution is 0.418. The SMILES string of the molecule is CC(c1ccc(-c2ccccc2)cc1)n1cc(S(=O)N2CCCC2c2ccncn2)nn1. The second-order valence-electron chi connectivity index (χ2n) is 7.88. The standard InChI is InChI=1S/C24H24N6OS/c1-18(19-9-11-21(12-10-19)20-6-3-2-4-7-20)29-16-24(27-28-29)32(31)30-15-5-8-23(30)22-13-14-25-17-26-22/h2-4,6-7,9-14,16-18,23H,5,8,15H2,1H3. The molecule has 8 heteroatoms. The maximum atomic E-state index is 13.3. The molecule has 0 amide bonds. The van der Waals surface area contributed by atoms with E-state index in [0.717, 1.165) is 30.6 Å². The summed E-state index contributed by atoms with van der Waals surface area (Å²) in [6.45, 7) is 2.81. The third kappa shape index (κ3) is 4.11. The van der Waals surface area contributed by atoms with Gasteiger partial charge in [0.15, 0.2) is 16.0 Å². The van der Waals surface area contributed by atoms with Crippen LogP contribution in [0.1, 0.15) is 43.1 Å². The second-order valence-corrected chi connectivity index (χ2v) is 9.27. The van der Waals surface area contributed by atoms with Crippen molar-refractivity contribution < 1.29 is 4.21 Å². The first-order chi connectivity index (χ1) is 15.7. The highest BCUT2D eigenvalue weighted by atomic mass is 32.2. The van der Waals surface area contributed by atoms with Crippen molar-refractivity contribution in [2.45, 2.75) is 36.9 Å². The number of rotatable bonds is 6. The molecule has 7 nitrogen and oxygen atoms in total. The number of hydrogen-bond acceptors (Lipinski definition) is 5. The molecule has 32 heavy (non-hydrogen) atoms. The molecule has 2 aromatic heterocycles. The molecule has 1 saturated heterocycles. The largest absolute Gasteiger partial charge is 0.245 e. The minimum atomic E-state index is -1.39. The first kappa shape index (κ1) is 20.7. The number of benzene rings is 2. The molecule has 1 aliphatic heterocycles. The summed E-state index contributed by atoms with van der Waals surface area (Å²) in [6.07, 6.45) is 6.94. The summed E-state index contributed by atoms with van der Waals surface area (Å²) in [7, 11) is -1.39. The van der Waals surface area contributed by atoms with Crippen molar-refractivity contribution in [3.05, 3.63) is 90.6 Å². The van der Waals surface area contributed by atoms with Crippen LogP contribution in [-0.4, -0.2) is 40.0 Å². The van der Waals surface area contributed by atoms with Crippen molar-refractivity contribution in [2.24, 2.45) is 0 Å². The zero-order valence-corrected chi connectivity index (χ0v) is 18.6. The van der Waals surface area contributed by atoms with E-state index < -0.39 is 11.0 Å². The Labute approximate surface area is 189 Å². The first-order valence-corrected chi connectivity index (χ1v) is 11.8. The summed E-state index contributed by atoms with van der Waals surface area (Å²) in [5.74, 6) is 0. The summed E-state index contributed by atoms with van der Waals surface area (Å²) < 4.78 is 17.0. The van der Waals surface area contributed by atoms with E-state index >= 15 is 0 Å². The molecule has 3 atom stereocenters. The van der Waals surface area contributed by atoms with Gasteiger partial charge in [-0.05, 0) is 42.5 Å². The normalized spacial score (nSPS) is 18.5. The molecule has 5 rings (SSSR count). The smallest absolute Gasteiger partial charge is 0.185 e. The van der Waals surface area contributed by atoms with Crippen molar-refractivity contribution in [2.75, 3.05) is 6.54 Å². The Morgan fingerprint density at radius 3 is 2.56 bits per heavy atom. The van der Waals surface area contributed by atoms with E-state index in [0.29, 0.717) is 5.03 Å². The summed E-state index contributed by atoms with van der Waals surface area (Å²) in [6, 6.07) is 20.6. The Morgan fingerprint density at radius 2 is 1.81 bits per heavy atom. The topological polar surface area (TPSA) is 76.8 Å². The van der Waals surface area contributed by atoms with E-state index in [1.54, 1.807) is 17.1 Å². The van der Waals surface area contributed by atoms with Crippen LogP contribution in [0.4, 0.5) is 0 Å². The van der Waals surface area contributed by atoms with Gasteiger partial charge in [0.2, 0.25) is 0 Å². The first-order valence-electron chi connectivity index (χ1n) is 10.7. The third-order valence-electron chi connectivity index (χ3n) is 5.93. The molecule has 0 aliphatic carbocycles. The monoisotopic (exact) mass is 444 g/mol. The van der Waals surface area contributed by atoms with Crippen molar-refractivity contribution >= 4 is 11.0 Å². The van der Waals surface area contributed by atoms with E-state index in [4.69, 9.17) is 0 Å². The lowest BCUT2D eigenvalue weighted by Gasteiger charge is -2.21. The molecule has 0 radical (unpaired) electrons. The molecular weight excluding hydrogens is 420 g/mol. The quantitative estimate of drug-likeness (QED) is 0.445. The predicted octanol–water partition coefficient (Wildman–Crippen LogP) is 4.20. The molecule has 4 aromatic rings. The van der Waals surface area contributed by atoms with Gasteiger partial charge >= 0.3 is 0 Å². The van der Waals surface area contributed by atoms with Crippen molar-refractivity contribution in [1.82, 2.24) is 29.3 Å². The van der Waals surface area contributed by atoms with E-state index in [-0.39, 0.29) is 12.1 Å². The average Bonchev–Trinajstić information content (AvgIpc) is 3.55.